The monoisotopic (exact) mass is 456 g/mol. The van der Waals surface area contributed by atoms with Crippen molar-refractivity contribution in [3.63, 3.8) is 0 Å². The van der Waals surface area contributed by atoms with Crippen LogP contribution in [0.25, 0.3) is 11.6 Å². The van der Waals surface area contributed by atoms with Gasteiger partial charge in [0.05, 0.1) is 19.1 Å². The van der Waals surface area contributed by atoms with Crippen molar-refractivity contribution >= 4 is 29.2 Å². The number of fused-ring (bicyclic) bond motifs is 1. The first-order valence-electron chi connectivity index (χ1n) is 11.1. The molecule has 32 heavy (non-hydrogen) atoms. The van der Waals surface area contributed by atoms with E-state index in [0.717, 1.165) is 42.4 Å². The van der Waals surface area contributed by atoms with Gasteiger partial charge in [0.1, 0.15) is 16.6 Å². The number of halogens is 1. The molecule has 170 valence electrons. The maximum Gasteiger partial charge on any atom is 0.342 e. The molecule has 0 amide bonds. The fourth-order valence-electron chi connectivity index (χ4n) is 4.76. The smallest absolute Gasteiger partial charge is 0.342 e. The third-order valence-corrected chi connectivity index (χ3v) is 6.72. The largest absolute Gasteiger partial charge is 0.466 e. The van der Waals surface area contributed by atoms with Gasteiger partial charge in [-0.1, -0.05) is 35.9 Å². The summed E-state index contributed by atoms with van der Waals surface area (Å²) >= 11 is 6.37. The predicted octanol–water partition coefficient (Wildman–Crippen LogP) is 5.92. The fourth-order valence-corrected chi connectivity index (χ4v) is 5.02. The number of nitrogens with zero attached hydrogens (tertiary/aromatic N) is 2. The van der Waals surface area contributed by atoms with Gasteiger partial charge in [-0.25, -0.2) is 9.78 Å². The maximum atomic E-state index is 11.6. The Kier molecular flexibility index (Phi) is 6.54. The number of carbonyl (C=O) groups excluding carboxylic acids is 1. The van der Waals surface area contributed by atoms with Gasteiger partial charge in [0.2, 0.25) is 5.88 Å². The number of aryl methyl sites for hydroxylation is 1. The fraction of sp³-hybridized carbons (Fsp3) is 0.480. The van der Waals surface area contributed by atoms with Crippen LogP contribution in [0.5, 0.6) is 5.88 Å². The Morgan fingerprint density at radius 3 is 2.50 bits per heavy atom. The zero-order valence-corrected chi connectivity index (χ0v) is 19.7. The minimum absolute atomic E-state index is 0.284. The third kappa shape index (κ3) is 4.81. The number of hydrogen-bond donors (Lipinski definition) is 0. The van der Waals surface area contributed by atoms with Crippen LogP contribution in [0.1, 0.15) is 74.4 Å². The number of carbonyl (C=O) groups is 1. The van der Waals surface area contributed by atoms with Crippen molar-refractivity contribution in [1.82, 2.24) is 9.97 Å². The summed E-state index contributed by atoms with van der Waals surface area (Å²) in [6.07, 6.45) is 6.65. The van der Waals surface area contributed by atoms with Crippen LogP contribution in [0.3, 0.4) is 0 Å². The lowest BCUT2D eigenvalue weighted by Crippen LogP contribution is -2.33. The molecule has 1 saturated carbocycles. The lowest BCUT2D eigenvalue weighted by Gasteiger charge is -2.34. The Hall–Kier alpha value is -2.44. The highest BCUT2D eigenvalue weighted by atomic mass is 35.5. The van der Waals surface area contributed by atoms with Crippen LogP contribution in [-0.4, -0.2) is 28.6 Å². The van der Waals surface area contributed by atoms with E-state index in [4.69, 9.17) is 16.3 Å². The highest BCUT2D eigenvalue weighted by molar-refractivity contribution is 6.31. The van der Waals surface area contributed by atoms with Gasteiger partial charge >= 0.3 is 5.97 Å². The van der Waals surface area contributed by atoms with Crippen molar-refractivity contribution in [2.24, 2.45) is 5.92 Å². The summed E-state index contributed by atoms with van der Waals surface area (Å²) < 4.78 is 6.20. The van der Waals surface area contributed by atoms with Gasteiger partial charge in [0.25, 0.3) is 0 Å². The molecule has 0 saturated heterocycles. The first kappa shape index (κ1) is 22.7. The maximum absolute atomic E-state index is 11.6. The van der Waals surface area contributed by atoms with E-state index in [-0.39, 0.29) is 5.97 Å². The van der Waals surface area contributed by atoms with Crippen LogP contribution in [0, 0.1) is 12.8 Å². The SMILES string of the molecule is COOC(=O)C[C@H]1CC[C@H](c2ccc(C3=Cc4c(Cl)nc(C)nc4OC3(C)C)cc2)CC1. The Balaban J connectivity index is 1.48. The topological polar surface area (TPSA) is 70.5 Å². The Morgan fingerprint density at radius 1 is 1.16 bits per heavy atom. The van der Waals surface area contributed by atoms with Crippen molar-refractivity contribution in [2.75, 3.05) is 7.11 Å². The molecule has 1 aromatic carbocycles. The number of aromatic nitrogens is 2. The van der Waals surface area contributed by atoms with Crippen molar-refractivity contribution in [1.29, 1.82) is 0 Å². The van der Waals surface area contributed by atoms with Crippen LogP contribution < -0.4 is 4.74 Å². The molecule has 6 nitrogen and oxygen atoms in total. The molecular formula is C25H29ClN2O4. The molecule has 0 N–H and O–H groups in total. The van der Waals surface area contributed by atoms with Crippen molar-refractivity contribution in [3.05, 3.63) is 51.9 Å². The van der Waals surface area contributed by atoms with E-state index in [2.05, 4.69) is 44.0 Å². The molecule has 4 rings (SSSR count). The number of benzene rings is 1. The summed E-state index contributed by atoms with van der Waals surface area (Å²) in [6, 6.07) is 8.73. The van der Waals surface area contributed by atoms with Gasteiger partial charge in [0.15, 0.2) is 0 Å². The molecule has 2 aliphatic rings. The zero-order valence-electron chi connectivity index (χ0n) is 19.0. The molecule has 1 aliphatic carbocycles. The van der Waals surface area contributed by atoms with E-state index < -0.39 is 5.60 Å². The van der Waals surface area contributed by atoms with Crippen molar-refractivity contribution in [3.8, 4) is 5.88 Å². The van der Waals surface area contributed by atoms with Gasteiger partial charge in [0, 0.05) is 5.57 Å². The Labute approximate surface area is 193 Å². The van der Waals surface area contributed by atoms with E-state index in [1.165, 1.54) is 12.7 Å². The van der Waals surface area contributed by atoms with Crippen LogP contribution in [-0.2, 0) is 14.6 Å². The minimum Gasteiger partial charge on any atom is -0.466 e. The first-order chi connectivity index (χ1) is 15.3. The molecule has 1 fully saturated rings. The predicted molar refractivity (Wildman–Crippen MR) is 123 cm³/mol. The van der Waals surface area contributed by atoms with Gasteiger partial charge in [-0.3, -0.25) is 4.89 Å². The van der Waals surface area contributed by atoms with E-state index in [0.29, 0.717) is 35.1 Å². The van der Waals surface area contributed by atoms with Gasteiger partial charge in [-0.05, 0) is 75.5 Å². The molecule has 0 radical (unpaired) electrons. The minimum atomic E-state index is -0.534. The summed E-state index contributed by atoms with van der Waals surface area (Å²) in [5, 5.41) is 0.406. The van der Waals surface area contributed by atoms with Crippen LogP contribution in [0.15, 0.2) is 24.3 Å². The Morgan fingerprint density at radius 2 is 1.84 bits per heavy atom. The molecule has 1 aromatic heterocycles. The molecule has 0 bridgehead atoms. The summed E-state index contributed by atoms with van der Waals surface area (Å²) in [6.45, 7) is 5.88. The summed E-state index contributed by atoms with van der Waals surface area (Å²) in [5.41, 5.74) is 3.66. The molecule has 7 heteroatoms. The van der Waals surface area contributed by atoms with E-state index in [1.54, 1.807) is 6.92 Å². The second-order valence-electron chi connectivity index (χ2n) is 9.12. The summed E-state index contributed by atoms with van der Waals surface area (Å²) in [5.74, 6) is 1.72. The average Bonchev–Trinajstić information content (AvgIpc) is 2.73. The highest BCUT2D eigenvalue weighted by Crippen LogP contribution is 2.42. The van der Waals surface area contributed by atoms with Crippen LogP contribution >= 0.6 is 11.6 Å². The molecule has 0 unspecified atom stereocenters. The second-order valence-corrected chi connectivity index (χ2v) is 9.47. The van der Waals surface area contributed by atoms with E-state index in [1.807, 2.05) is 19.9 Å². The zero-order chi connectivity index (χ0) is 22.9. The highest BCUT2D eigenvalue weighted by Gasteiger charge is 2.34. The standard InChI is InChI=1S/C25H29ClN2O4/c1-15-27-23(26)20-14-21(25(2,3)31-24(20)28-15)19-11-9-18(10-12-19)17-7-5-16(6-8-17)13-22(29)32-30-4/h9-12,14,16-17H,5-8,13H2,1-4H3/t16-,17-. The molecule has 2 aromatic rings. The molecular weight excluding hydrogens is 428 g/mol. The lowest BCUT2D eigenvalue weighted by atomic mass is 9.77. The first-order valence-corrected chi connectivity index (χ1v) is 11.4. The molecule has 2 heterocycles. The number of rotatable bonds is 5. The molecule has 1 aliphatic heterocycles. The normalized spacial score (nSPS) is 21.8. The summed E-state index contributed by atoms with van der Waals surface area (Å²) in [7, 11) is 1.36. The number of hydrogen-bond acceptors (Lipinski definition) is 6. The summed E-state index contributed by atoms with van der Waals surface area (Å²) in [4.78, 5) is 29.4. The quantitative estimate of drug-likeness (QED) is 0.316. The van der Waals surface area contributed by atoms with Crippen LogP contribution in [0.4, 0.5) is 0 Å². The van der Waals surface area contributed by atoms with Crippen molar-refractivity contribution in [2.45, 2.75) is 64.4 Å². The van der Waals surface area contributed by atoms with Crippen LogP contribution in [0.2, 0.25) is 5.15 Å². The van der Waals surface area contributed by atoms with Gasteiger partial charge in [-0.15, -0.1) is 0 Å². The van der Waals surface area contributed by atoms with Gasteiger partial charge < -0.3 is 4.74 Å². The average molecular weight is 457 g/mol. The second kappa shape index (κ2) is 9.20. The van der Waals surface area contributed by atoms with E-state index >= 15 is 0 Å². The lowest BCUT2D eigenvalue weighted by molar-refractivity contribution is -0.255. The third-order valence-electron chi connectivity index (χ3n) is 6.44. The Bertz CT molecular complexity index is 1020. The number of ether oxygens (including phenoxy) is 1. The van der Waals surface area contributed by atoms with Gasteiger partial charge in [-0.2, -0.15) is 9.87 Å². The van der Waals surface area contributed by atoms with Crippen molar-refractivity contribution < 1.29 is 19.3 Å². The van der Waals surface area contributed by atoms with E-state index in [9.17, 15) is 4.79 Å². The molecule has 0 spiro atoms. The molecule has 0 atom stereocenters.